The molecule has 2 rings (SSSR count). The van der Waals surface area contributed by atoms with Crippen molar-refractivity contribution >= 4 is 0 Å². The van der Waals surface area contributed by atoms with Gasteiger partial charge in [0.15, 0.2) is 0 Å². The van der Waals surface area contributed by atoms with Crippen molar-refractivity contribution in [3.8, 4) is 0 Å². The summed E-state index contributed by atoms with van der Waals surface area (Å²) < 4.78 is 0. The first-order valence-electron chi connectivity index (χ1n) is 4.89. The van der Waals surface area contributed by atoms with E-state index in [0.29, 0.717) is 0 Å². The molecule has 0 saturated heterocycles. The normalized spacial score (nSPS) is 39.2. The summed E-state index contributed by atoms with van der Waals surface area (Å²) in [5.41, 5.74) is 0. The van der Waals surface area contributed by atoms with Crippen LogP contribution in [0.3, 0.4) is 0 Å². The molecule has 1 fully saturated rings. The number of fused-ring (bicyclic) bond motifs is 1. The topological polar surface area (TPSA) is 0 Å². The number of allylic oxidation sites excluding steroid dienone is 5. The Morgan fingerprint density at radius 2 is 2.00 bits per heavy atom. The van der Waals surface area contributed by atoms with Crippen molar-refractivity contribution in [2.75, 3.05) is 0 Å². The Morgan fingerprint density at radius 3 is 2.83 bits per heavy atom. The highest BCUT2D eigenvalue weighted by Gasteiger charge is 2.28. The molecule has 64 valence electrons. The second-order valence-electron chi connectivity index (χ2n) is 3.84. The minimum absolute atomic E-state index is 0.727. The third-order valence-electron chi connectivity index (χ3n) is 3.17. The summed E-state index contributed by atoms with van der Waals surface area (Å²) in [6.07, 6.45) is 15.3. The van der Waals surface area contributed by atoms with Gasteiger partial charge < -0.3 is 0 Å². The molecule has 0 heteroatoms. The van der Waals surface area contributed by atoms with Gasteiger partial charge in [0, 0.05) is 0 Å². The maximum absolute atomic E-state index is 3.92. The van der Waals surface area contributed by atoms with Crippen LogP contribution < -0.4 is 0 Å². The lowest BCUT2D eigenvalue weighted by Crippen LogP contribution is -2.25. The number of hydrogen-bond donors (Lipinski definition) is 0. The molecule has 0 N–H and O–H groups in total. The summed E-state index contributed by atoms with van der Waals surface area (Å²) in [7, 11) is 0. The van der Waals surface area contributed by atoms with Crippen molar-refractivity contribution in [3.63, 3.8) is 0 Å². The number of hydrogen-bond acceptors (Lipinski definition) is 0. The van der Waals surface area contributed by atoms with Crippen LogP contribution in [0.5, 0.6) is 0 Å². The molecule has 1 saturated carbocycles. The molecule has 3 unspecified atom stereocenters. The molecule has 2 aliphatic carbocycles. The summed E-state index contributed by atoms with van der Waals surface area (Å²) in [6, 6.07) is 0. The quantitative estimate of drug-likeness (QED) is 0.516. The SMILES string of the molecule is C=CC1CCCC2C=CC=CC12. The zero-order chi connectivity index (χ0) is 8.39. The third-order valence-corrected chi connectivity index (χ3v) is 3.17. The van der Waals surface area contributed by atoms with Gasteiger partial charge in [-0.3, -0.25) is 0 Å². The first kappa shape index (κ1) is 7.85. The summed E-state index contributed by atoms with van der Waals surface area (Å²) in [5.74, 6) is 2.28. The van der Waals surface area contributed by atoms with E-state index < -0.39 is 0 Å². The lowest BCUT2D eigenvalue weighted by Gasteiger charge is -2.34. The van der Waals surface area contributed by atoms with Crippen molar-refractivity contribution in [1.29, 1.82) is 0 Å². The smallest absolute Gasteiger partial charge is 0.0104 e. The predicted octanol–water partition coefficient (Wildman–Crippen LogP) is 3.33. The van der Waals surface area contributed by atoms with Gasteiger partial charge in [0.25, 0.3) is 0 Å². The molecule has 12 heavy (non-hydrogen) atoms. The fourth-order valence-electron chi connectivity index (χ4n) is 2.48. The van der Waals surface area contributed by atoms with E-state index in [2.05, 4.69) is 37.0 Å². The van der Waals surface area contributed by atoms with Crippen LogP contribution in [-0.2, 0) is 0 Å². The van der Waals surface area contributed by atoms with Crippen molar-refractivity contribution in [2.24, 2.45) is 17.8 Å². The Labute approximate surface area is 74.7 Å². The Kier molecular flexibility index (Phi) is 2.16. The second-order valence-corrected chi connectivity index (χ2v) is 3.84. The van der Waals surface area contributed by atoms with Crippen molar-refractivity contribution in [2.45, 2.75) is 19.3 Å². The monoisotopic (exact) mass is 160 g/mol. The molecule has 0 aromatic carbocycles. The van der Waals surface area contributed by atoms with Crippen LogP contribution in [0.15, 0.2) is 37.0 Å². The average molecular weight is 160 g/mol. The van der Waals surface area contributed by atoms with E-state index in [1.165, 1.54) is 19.3 Å². The van der Waals surface area contributed by atoms with E-state index in [-0.39, 0.29) is 0 Å². The van der Waals surface area contributed by atoms with Crippen LogP contribution in [-0.4, -0.2) is 0 Å². The highest BCUT2D eigenvalue weighted by molar-refractivity contribution is 5.17. The molecule has 0 nitrogen and oxygen atoms in total. The molecule has 0 aromatic heterocycles. The van der Waals surface area contributed by atoms with Crippen LogP contribution >= 0.6 is 0 Å². The van der Waals surface area contributed by atoms with Gasteiger partial charge in [-0.1, -0.05) is 36.8 Å². The lowest BCUT2D eigenvalue weighted by molar-refractivity contribution is 0.270. The molecule has 0 bridgehead atoms. The maximum atomic E-state index is 3.92. The highest BCUT2D eigenvalue weighted by atomic mass is 14.3. The Hall–Kier alpha value is -0.780. The van der Waals surface area contributed by atoms with E-state index in [4.69, 9.17) is 0 Å². The Morgan fingerprint density at radius 1 is 1.17 bits per heavy atom. The molecule has 3 atom stereocenters. The summed E-state index contributed by atoms with van der Waals surface area (Å²) in [6.45, 7) is 3.92. The molecule has 2 aliphatic rings. The summed E-state index contributed by atoms with van der Waals surface area (Å²) in [4.78, 5) is 0. The molecule has 0 radical (unpaired) electrons. The Bertz CT molecular complexity index is 216. The van der Waals surface area contributed by atoms with E-state index in [1.54, 1.807) is 0 Å². The minimum Gasteiger partial charge on any atom is -0.103 e. The van der Waals surface area contributed by atoms with Crippen molar-refractivity contribution < 1.29 is 0 Å². The molecular formula is C12H16. The zero-order valence-electron chi connectivity index (χ0n) is 7.45. The average Bonchev–Trinajstić information content (AvgIpc) is 2.17. The largest absolute Gasteiger partial charge is 0.103 e. The van der Waals surface area contributed by atoms with Gasteiger partial charge in [-0.25, -0.2) is 0 Å². The maximum Gasteiger partial charge on any atom is -0.0104 e. The molecule has 0 amide bonds. The van der Waals surface area contributed by atoms with E-state index in [9.17, 15) is 0 Å². The fourth-order valence-corrected chi connectivity index (χ4v) is 2.48. The minimum atomic E-state index is 0.727. The van der Waals surface area contributed by atoms with Gasteiger partial charge in [-0.2, -0.15) is 0 Å². The fraction of sp³-hybridized carbons (Fsp3) is 0.500. The number of rotatable bonds is 1. The van der Waals surface area contributed by atoms with Crippen molar-refractivity contribution in [3.05, 3.63) is 37.0 Å². The van der Waals surface area contributed by atoms with Gasteiger partial charge >= 0.3 is 0 Å². The zero-order valence-corrected chi connectivity index (χ0v) is 7.45. The van der Waals surface area contributed by atoms with Gasteiger partial charge in [0.1, 0.15) is 0 Å². The van der Waals surface area contributed by atoms with Crippen LogP contribution in [0, 0.1) is 17.8 Å². The first-order chi connectivity index (χ1) is 5.92. The second kappa shape index (κ2) is 3.30. The van der Waals surface area contributed by atoms with Gasteiger partial charge in [0.2, 0.25) is 0 Å². The van der Waals surface area contributed by atoms with E-state index in [1.807, 2.05) is 0 Å². The van der Waals surface area contributed by atoms with E-state index >= 15 is 0 Å². The van der Waals surface area contributed by atoms with Gasteiger partial charge in [0.05, 0.1) is 0 Å². The molecule has 0 spiro atoms. The highest BCUT2D eigenvalue weighted by Crippen LogP contribution is 2.38. The van der Waals surface area contributed by atoms with Crippen LogP contribution in [0.1, 0.15) is 19.3 Å². The molecule has 0 aliphatic heterocycles. The third kappa shape index (κ3) is 1.26. The lowest BCUT2D eigenvalue weighted by atomic mass is 9.70. The van der Waals surface area contributed by atoms with Gasteiger partial charge in [-0.15, -0.1) is 6.58 Å². The molecular weight excluding hydrogens is 144 g/mol. The van der Waals surface area contributed by atoms with Gasteiger partial charge in [-0.05, 0) is 30.6 Å². The van der Waals surface area contributed by atoms with Crippen LogP contribution in [0.4, 0.5) is 0 Å². The van der Waals surface area contributed by atoms with Crippen LogP contribution in [0.25, 0.3) is 0 Å². The molecule has 0 aromatic rings. The summed E-state index contributed by atoms with van der Waals surface area (Å²) >= 11 is 0. The van der Waals surface area contributed by atoms with Crippen LogP contribution in [0.2, 0.25) is 0 Å². The first-order valence-corrected chi connectivity index (χ1v) is 4.89. The van der Waals surface area contributed by atoms with Crippen molar-refractivity contribution in [1.82, 2.24) is 0 Å². The summed E-state index contributed by atoms with van der Waals surface area (Å²) in [5, 5.41) is 0. The standard InChI is InChI=1S/C12H16/c1-2-10-7-5-8-11-6-3-4-9-12(10)11/h2-4,6,9-12H,1,5,7-8H2. The predicted molar refractivity (Wildman–Crippen MR) is 52.8 cm³/mol. The molecule has 0 heterocycles. The Balaban J connectivity index is 2.16. The van der Waals surface area contributed by atoms with E-state index in [0.717, 1.165) is 17.8 Å².